The maximum Gasteiger partial charge on any atom is 0.235 e. The first-order chi connectivity index (χ1) is 15.0. The minimum atomic E-state index is -0.0970. The second kappa shape index (κ2) is 11.2. The largest absolute Gasteiger partial charge is 0.497 e. The summed E-state index contributed by atoms with van der Waals surface area (Å²) in [6.07, 6.45) is 5.56. The number of hydrogen-bond acceptors (Lipinski definition) is 6. The Morgan fingerprint density at radius 1 is 1.23 bits per heavy atom. The molecule has 0 radical (unpaired) electrons. The molecule has 0 bridgehead atoms. The number of carbonyl (C=O) groups excluding carboxylic acids is 1. The van der Waals surface area contributed by atoms with E-state index >= 15 is 0 Å². The maximum absolute atomic E-state index is 12.9. The molecule has 3 rings (SSSR count). The molecule has 1 aromatic carbocycles. The number of hydrogen-bond donors (Lipinski definition) is 0. The number of nitrogens with zero attached hydrogens (tertiary/aromatic N) is 3. The van der Waals surface area contributed by atoms with Crippen LogP contribution in [0.1, 0.15) is 12.6 Å². The van der Waals surface area contributed by atoms with Crippen molar-refractivity contribution in [1.29, 1.82) is 0 Å². The van der Waals surface area contributed by atoms with Crippen LogP contribution in [-0.4, -0.2) is 59.2 Å². The van der Waals surface area contributed by atoms with Crippen molar-refractivity contribution in [1.82, 2.24) is 14.8 Å². The Kier molecular flexibility index (Phi) is 8.37. The molecule has 0 N–H and O–H groups in total. The van der Waals surface area contributed by atoms with Crippen LogP contribution >= 0.6 is 23.1 Å². The predicted molar refractivity (Wildman–Crippen MR) is 131 cm³/mol. The van der Waals surface area contributed by atoms with Crippen LogP contribution in [0.5, 0.6) is 5.75 Å². The van der Waals surface area contributed by atoms with Gasteiger partial charge in [0, 0.05) is 48.6 Å². The van der Waals surface area contributed by atoms with Crippen LogP contribution in [0.2, 0.25) is 0 Å². The number of aromatic nitrogens is 1. The van der Waals surface area contributed by atoms with E-state index in [9.17, 15) is 4.79 Å². The lowest BCUT2D eigenvalue weighted by Crippen LogP contribution is -2.50. The number of amides is 1. The molecule has 1 saturated heterocycles. The topological polar surface area (TPSA) is 45.7 Å². The predicted octanol–water partition coefficient (Wildman–Crippen LogP) is 4.84. The number of piperazine rings is 1. The normalized spacial score (nSPS) is 15.5. The van der Waals surface area contributed by atoms with Gasteiger partial charge in [0.15, 0.2) is 0 Å². The van der Waals surface area contributed by atoms with Gasteiger partial charge >= 0.3 is 0 Å². The molecule has 1 unspecified atom stereocenters. The Morgan fingerprint density at radius 2 is 1.90 bits per heavy atom. The lowest BCUT2D eigenvalue weighted by molar-refractivity contribution is -0.131. The quantitative estimate of drug-likeness (QED) is 0.506. The van der Waals surface area contributed by atoms with E-state index in [0.717, 1.165) is 59.6 Å². The summed E-state index contributed by atoms with van der Waals surface area (Å²) >= 11 is 3.27. The number of thioether (sulfide) groups is 1. The first-order valence-electron chi connectivity index (χ1n) is 10.2. The molecule has 1 atom stereocenters. The smallest absolute Gasteiger partial charge is 0.235 e. The molecule has 2 heterocycles. The van der Waals surface area contributed by atoms with Crippen molar-refractivity contribution >= 4 is 29.0 Å². The Balaban J connectivity index is 1.49. The second-order valence-electron chi connectivity index (χ2n) is 7.17. The first-order valence-corrected chi connectivity index (χ1v) is 12.2. The van der Waals surface area contributed by atoms with Gasteiger partial charge in [-0.25, -0.2) is 4.98 Å². The van der Waals surface area contributed by atoms with E-state index in [0.29, 0.717) is 0 Å². The summed E-state index contributed by atoms with van der Waals surface area (Å²) < 4.78 is 5.21. The van der Waals surface area contributed by atoms with Gasteiger partial charge in [0.2, 0.25) is 5.91 Å². The van der Waals surface area contributed by atoms with Crippen molar-refractivity contribution in [3.8, 4) is 16.3 Å². The molecule has 1 aliphatic heterocycles. The summed E-state index contributed by atoms with van der Waals surface area (Å²) in [6.45, 7) is 12.7. The van der Waals surface area contributed by atoms with Crippen LogP contribution in [0.25, 0.3) is 10.6 Å². The number of benzene rings is 1. The summed E-state index contributed by atoms with van der Waals surface area (Å²) in [7, 11) is 1.66. The lowest BCUT2D eigenvalue weighted by Gasteiger charge is -2.37. The van der Waals surface area contributed by atoms with Gasteiger partial charge in [0.05, 0.1) is 18.1 Å². The van der Waals surface area contributed by atoms with E-state index < -0.39 is 0 Å². The van der Waals surface area contributed by atoms with Crippen molar-refractivity contribution in [2.45, 2.75) is 17.9 Å². The van der Waals surface area contributed by atoms with Crippen molar-refractivity contribution < 1.29 is 9.53 Å². The number of carbonyl (C=O) groups is 1. The summed E-state index contributed by atoms with van der Waals surface area (Å²) in [5.74, 6) is 1.76. The first kappa shape index (κ1) is 23.2. The highest BCUT2D eigenvalue weighted by Gasteiger charge is 2.25. The van der Waals surface area contributed by atoms with Gasteiger partial charge < -0.3 is 14.5 Å². The third-order valence-corrected chi connectivity index (χ3v) is 7.28. The monoisotopic (exact) mass is 455 g/mol. The van der Waals surface area contributed by atoms with Gasteiger partial charge in [-0.15, -0.1) is 23.1 Å². The molecule has 1 fully saturated rings. The molecule has 2 aromatic rings. The molecule has 0 spiro atoms. The van der Waals surface area contributed by atoms with Crippen molar-refractivity contribution in [2.24, 2.45) is 0 Å². The molecule has 1 aliphatic rings. The fourth-order valence-electron chi connectivity index (χ4n) is 3.39. The molecule has 1 aromatic heterocycles. The summed E-state index contributed by atoms with van der Waals surface area (Å²) in [5.41, 5.74) is 3.14. The summed E-state index contributed by atoms with van der Waals surface area (Å²) in [5, 5.41) is 2.96. The number of allylic oxidation sites excluding steroid dienone is 3. The maximum atomic E-state index is 12.9. The highest BCUT2D eigenvalue weighted by Crippen LogP contribution is 2.28. The van der Waals surface area contributed by atoms with Crippen molar-refractivity contribution in [3.05, 3.63) is 72.4 Å². The van der Waals surface area contributed by atoms with Crippen LogP contribution in [0, 0.1) is 0 Å². The fourth-order valence-corrected chi connectivity index (χ4v) is 5.18. The standard InChI is InChI=1S/C24H29N3O2S2/c1-5-7-21(6-2)26-12-14-27(15-13-26)24(28)18(3)30-16-20-17-31-23(25-20)19-8-10-22(29-4)11-9-19/h5-11,17-18H,1-2,12-16H2,3-4H3/b21-7+. The van der Waals surface area contributed by atoms with E-state index in [-0.39, 0.29) is 11.2 Å². The highest BCUT2D eigenvalue weighted by atomic mass is 32.2. The van der Waals surface area contributed by atoms with Crippen LogP contribution in [0.4, 0.5) is 0 Å². The summed E-state index contributed by atoms with van der Waals surface area (Å²) in [6, 6.07) is 7.92. The molecule has 164 valence electrons. The average Bonchev–Trinajstić information content (AvgIpc) is 3.30. The lowest BCUT2D eigenvalue weighted by atomic mass is 10.2. The van der Waals surface area contributed by atoms with E-state index in [1.54, 1.807) is 36.3 Å². The SMILES string of the molecule is C=C/C=C(\C=C)N1CCN(C(=O)C(C)SCc2csc(-c3ccc(OC)cc3)n2)CC1. The average molecular weight is 456 g/mol. The Hall–Kier alpha value is -2.51. The number of ether oxygens (including phenoxy) is 1. The third kappa shape index (κ3) is 6.02. The number of thiazole rings is 1. The molecule has 0 saturated carbocycles. The molecule has 1 amide bonds. The van der Waals surface area contributed by atoms with Gasteiger partial charge in [-0.2, -0.15) is 0 Å². The zero-order valence-corrected chi connectivity index (χ0v) is 19.8. The van der Waals surface area contributed by atoms with Crippen LogP contribution in [-0.2, 0) is 10.5 Å². The van der Waals surface area contributed by atoms with Crippen molar-refractivity contribution in [3.63, 3.8) is 0 Å². The second-order valence-corrected chi connectivity index (χ2v) is 9.36. The van der Waals surface area contributed by atoms with Crippen LogP contribution in [0.15, 0.2) is 66.7 Å². The molecular formula is C24H29N3O2S2. The Labute approximate surface area is 193 Å². The van der Waals surface area contributed by atoms with E-state index in [1.807, 2.05) is 48.2 Å². The Bertz CT molecular complexity index is 929. The Morgan fingerprint density at radius 3 is 2.52 bits per heavy atom. The third-order valence-electron chi connectivity index (χ3n) is 5.17. The van der Waals surface area contributed by atoms with Gasteiger partial charge in [0.1, 0.15) is 10.8 Å². The minimum absolute atomic E-state index is 0.0970. The van der Waals surface area contributed by atoms with Gasteiger partial charge in [0.25, 0.3) is 0 Å². The van der Waals surface area contributed by atoms with E-state index in [2.05, 4.69) is 23.4 Å². The van der Waals surface area contributed by atoms with Gasteiger partial charge in [-0.05, 0) is 43.3 Å². The van der Waals surface area contributed by atoms with Crippen LogP contribution in [0.3, 0.4) is 0 Å². The highest BCUT2D eigenvalue weighted by molar-refractivity contribution is 7.99. The zero-order valence-electron chi connectivity index (χ0n) is 18.1. The fraction of sp³-hybridized carbons (Fsp3) is 0.333. The van der Waals surface area contributed by atoms with Crippen LogP contribution < -0.4 is 4.74 Å². The van der Waals surface area contributed by atoms with E-state index in [4.69, 9.17) is 9.72 Å². The molecule has 31 heavy (non-hydrogen) atoms. The molecule has 5 nitrogen and oxygen atoms in total. The van der Waals surface area contributed by atoms with Gasteiger partial charge in [-0.3, -0.25) is 4.79 Å². The number of rotatable bonds is 9. The molecule has 7 heteroatoms. The molecular weight excluding hydrogens is 426 g/mol. The zero-order chi connectivity index (χ0) is 22.2. The minimum Gasteiger partial charge on any atom is -0.497 e. The summed E-state index contributed by atoms with van der Waals surface area (Å²) in [4.78, 5) is 21.8. The number of methoxy groups -OCH3 is 1. The molecule has 0 aliphatic carbocycles. The van der Waals surface area contributed by atoms with Crippen molar-refractivity contribution in [2.75, 3.05) is 33.3 Å². The van der Waals surface area contributed by atoms with Gasteiger partial charge in [-0.1, -0.05) is 19.2 Å². The van der Waals surface area contributed by atoms with E-state index in [1.165, 1.54) is 0 Å².